The number of aryl methyl sites for hydroxylation is 1. The van der Waals surface area contributed by atoms with E-state index in [4.69, 9.17) is 5.73 Å². The molecule has 4 heteroatoms. The van der Waals surface area contributed by atoms with E-state index in [1.807, 2.05) is 0 Å². The third-order valence-electron chi connectivity index (χ3n) is 4.11. The molecule has 4 nitrogen and oxygen atoms in total. The Bertz CT molecular complexity index is 624. The summed E-state index contributed by atoms with van der Waals surface area (Å²) in [5, 5.41) is 0. The zero-order valence-corrected chi connectivity index (χ0v) is 12.5. The summed E-state index contributed by atoms with van der Waals surface area (Å²) in [6, 6.07) is 8.45. The van der Waals surface area contributed by atoms with Crippen molar-refractivity contribution in [2.75, 3.05) is 11.9 Å². The number of aromatic nitrogens is 2. The van der Waals surface area contributed by atoms with Gasteiger partial charge in [-0.2, -0.15) is 0 Å². The van der Waals surface area contributed by atoms with Crippen molar-refractivity contribution in [2.45, 2.75) is 38.8 Å². The molecular formula is C17H22N4. The van der Waals surface area contributed by atoms with Crippen molar-refractivity contribution >= 4 is 5.82 Å². The van der Waals surface area contributed by atoms with Crippen LogP contribution in [0.25, 0.3) is 0 Å². The summed E-state index contributed by atoms with van der Waals surface area (Å²) in [7, 11) is 2.10. The number of fused-ring (bicyclic) bond motifs is 1. The van der Waals surface area contributed by atoms with Crippen LogP contribution in [-0.2, 0) is 25.9 Å². The zero-order valence-electron chi connectivity index (χ0n) is 12.5. The Morgan fingerprint density at radius 2 is 1.95 bits per heavy atom. The fourth-order valence-electron chi connectivity index (χ4n) is 3.04. The van der Waals surface area contributed by atoms with Crippen molar-refractivity contribution < 1.29 is 0 Å². The summed E-state index contributed by atoms with van der Waals surface area (Å²) >= 11 is 0. The lowest BCUT2D eigenvalue weighted by atomic mass is 9.96. The van der Waals surface area contributed by atoms with Crippen LogP contribution in [0.2, 0.25) is 0 Å². The molecule has 0 radical (unpaired) electrons. The molecule has 1 aromatic carbocycles. The topological polar surface area (TPSA) is 55.0 Å². The predicted octanol–water partition coefficient (Wildman–Crippen LogP) is 2.45. The van der Waals surface area contributed by atoms with E-state index in [9.17, 15) is 0 Å². The maximum atomic E-state index is 5.72. The van der Waals surface area contributed by atoms with Gasteiger partial charge in [-0.05, 0) is 36.8 Å². The van der Waals surface area contributed by atoms with E-state index in [1.54, 1.807) is 6.33 Å². The van der Waals surface area contributed by atoms with E-state index in [1.165, 1.54) is 35.2 Å². The highest BCUT2D eigenvalue weighted by Crippen LogP contribution is 2.27. The van der Waals surface area contributed by atoms with Gasteiger partial charge >= 0.3 is 0 Å². The van der Waals surface area contributed by atoms with Gasteiger partial charge in [-0.15, -0.1) is 0 Å². The second kappa shape index (κ2) is 6.22. The molecule has 110 valence electrons. The molecule has 0 aliphatic heterocycles. The van der Waals surface area contributed by atoms with Gasteiger partial charge in [-0.25, -0.2) is 9.97 Å². The van der Waals surface area contributed by atoms with Gasteiger partial charge in [0.15, 0.2) is 0 Å². The molecule has 0 spiro atoms. The average Bonchev–Trinajstić information content (AvgIpc) is 2.54. The van der Waals surface area contributed by atoms with E-state index in [0.29, 0.717) is 6.54 Å². The molecule has 1 aromatic heterocycles. The average molecular weight is 282 g/mol. The Morgan fingerprint density at radius 3 is 2.81 bits per heavy atom. The quantitative estimate of drug-likeness (QED) is 0.936. The monoisotopic (exact) mass is 282 g/mol. The van der Waals surface area contributed by atoms with E-state index >= 15 is 0 Å². The van der Waals surface area contributed by atoms with Crippen molar-refractivity contribution in [1.82, 2.24) is 9.97 Å². The smallest absolute Gasteiger partial charge is 0.135 e. The lowest BCUT2D eigenvalue weighted by molar-refractivity contribution is 0.658. The van der Waals surface area contributed by atoms with E-state index < -0.39 is 0 Å². The van der Waals surface area contributed by atoms with Crippen molar-refractivity contribution in [2.24, 2.45) is 5.73 Å². The second-order valence-corrected chi connectivity index (χ2v) is 5.71. The molecule has 0 unspecified atom stereocenters. The van der Waals surface area contributed by atoms with Crippen molar-refractivity contribution in [3.8, 4) is 0 Å². The highest BCUT2D eigenvalue weighted by molar-refractivity contribution is 5.49. The van der Waals surface area contributed by atoms with Crippen LogP contribution in [0.15, 0.2) is 30.6 Å². The third-order valence-corrected chi connectivity index (χ3v) is 4.11. The summed E-state index contributed by atoms with van der Waals surface area (Å²) in [5.41, 5.74) is 10.7. The van der Waals surface area contributed by atoms with Gasteiger partial charge in [0.2, 0.25) is 0 Å². The van der Waals surface area contributed by atoms with Gasteiger partial charge in [0.05, 0.1) is 0 Å². The largest absolute Gasteiger partial charge is 0.355 e. The minimum Gasteiger partial charge on any atom is -0.355 e. The molecule has 2 N–H and O–H groups in total. The number of rotatable bonds is 4. The number of anilines is 1. The van der Waals surface area contributed by atoms with Crippen molar-refractivity contribution in [3.63, 3.8) is 0 Å². The minimum absolute atomic E-state index is 0.584. The summed E-state index contributed by atoms with van der Waals surface area (Å²) in [4.78, 5) is 11.2. The molecule has 0 saturated carbocycles. The maximum Gasteiger partial charge on any atom is 0.135 e. The molecule has 0 saturated heterocycles. The predicted molar refractivity (Wildman–Crippen MR) is 85.1 cm³/mol. The number of benzene rings is 1. The van der Waals surface area contributed by atoms with Gasteiger partial charge < -0.3 is 10.6 Å². The molecule has 3 rings (SSSR count). The highest BCUT2D eigenvalue weighted by Gasteiger charge is 2.17. The van der Waals surface area contributed by atoms with Crippen molar-refractivity contribution in [1.29, 1.82) is 0 Å². The number of nitrogens with zero attached hydrogens (tertiary/aromatic N) is 3. The Labute approximate surface area is 126 Å². The van der Waals surface area contributed by atoms with Gasteiger partial charge in [0.25, 0.3) is 0 Å². The first-order valence-corrected chi connectivity index (χ1v) is 7.59. The molecule has 0 fully saturated rings. The highest BCUT2D eigenvalue weighted by atomic mass is 15.2. The van der Waals surface area contributed by atoms with Crippen LogP contribution in [0.1, 0.15) is 35.2 Å². The van der Waals surface area contributed by atoms with Crippen molar-refractivity contribution in [3.05, 3.63) is 53.0 Å². The first-order chi connectivity index (χ1) is 10.3. The van der Waals surface area contributed by atoms with Gasteiger partial charge in [-0.3, -0.25) is 0 Å². The summed E-state index contributed by atoms with van der Waals surface area (Å²) in [5.74, 6) is 1.08. The van der Waals surface area contributed by atoms with Crippen LogP contribution < -0.4 is 10.6 Å². The summed E-state index contributed by atoms with van der Waals surface area (Å²) in [6.45, 7) is 1.43. The molecule has 1 aliphatic rings. The van der Waals surface area contributed by atoms with Gasteiger partial charge in [0.1, 0.15) is 12.1 Å². The Hall–Kier alpha value is -1.94. The number of hydrogen-bond acceptors (Lipinski definition) is 4. The van der Waals surface area contributed by atoms with E-state index in [2.05, 4.69) is 46.2 Å². The fraction of sp³-hybridized carbons (Fsp3) is 0.412. The zero-order chi connectivity index (χ0) is 14.7. The molecule has 2 aromatic rings. The van der Waals surface area contributed by atoms with Crippen LogP contribution in [0.3, 0.4) is 0 Å². The molecule has 0 amide bonds. The van der Waals surface area contributed by atoms with Gasteiger partial charge in [0, 0.05) is 31.4 Å². The molecular weight excluding hydrogens is 260 g/mol. The number of hydrogen-bond donors (Lipinski definition) is 1. The third kappa shape index (κ3) is 3.05. The standard InChI is InChI=1S/C17H22N4/c1-21(11-14-6-4-5-13(9-14)10-18)17-15-7-2-3-8-16(15)19-12-20-17/h4-6,9,12H,2-3,7-8,10-11,18H2,1H3. The SMILES string of the molecule is CN(Cc1cccc(CN)c1)c1ncnc2c1CCCC2. The molecule has 1 heterocycles. The maximum absolute atomic E-state index is 5.72. The summed E-state index contributed by atoms with van der Waals surface area (Å²) < 4.78 is 0. The molecule has 0 bridgehead atoms. The fourth-order valence-corrected chi connectivity index (χ4v) is 3.04. The molecule has 21 heavy (non-hydrogen) atoms. The number of nitrogens with two attached hydrogens (primary N) is 1. The van der Waals surface area contributed by atoms with Crippen LogP contribution in [0, 0.1) is 0 Å². The summed E-state index contributed by atoms with van der Waals surface area (Å²) in [6.07, 6.45) is 6.36. The Kier molecular flexibility index (Phi) is 4.15. The lowest BCUT2D eigenvalue weighted by Crippen LogP contribution is -2.22. The first-order valence-electron chi connectivity index (χ1n) is 7.59. The molecule has 1 aliphatic carbocycles. The normalized spacial score (nSPS) is 13.8. The Balaban J connectivity index is 1.83. The van der Waals surface area contributed by atoms with Crippen LogP contribution in [-0.4, -0.2) is 17.0 Å². The van der Waals surface area contributed by atoms with E-state index in [-0.39, 0.29) is 0 Å². The van der Waals surface area contributed by atoms with Gasteiger partial charge in [-0.1, -0.05) is 24.3 Å². The van der Waals surface area contributed by atoms with E-state index in [0.717, 1.165) is 25.2 Å². The minimum atomic E-state index is 0.584. The second-order valence-electron chi connectivity index (χ2n) is 5.71. The molecule has 0 atom stereocenters. The first kappa shape index (κ1) is 14.0. The van der Waals surface area contributed by atoms with Crippen LogP contribution >= 0.6 is 0 Å². The van der Waals surface area contributed by atoms with Crippen LogP contribution in [0.5, 0.6) is 0 Å². The Morgan fingerprint density at radius 1 is 1.14 bits per heavy atom. The van der Waals surface area contributed by atoms with Crippen LogP contribution in [0.4, 0.5) is 5.82 Å². The lowest BCUT2D eigenvalue weighted by Gasteiger charge is -2.24.